The van der Waals surface area contributed by atoms with Gasteiger partial charge in [0.15, 0.2) is 0 Å². The maximum Gasteiger partial charge on any atom is 0.243 e. The smallest absolute Gasteiger partial charge is 0.243 e. The second kappa shape index (κ2) is 8.29. The Balaban J connectivity index is 2.14. The number of nitrogens with two attached hydrogens (primary N) is 1. The SMILES string of the molecule is C#Cc1ccc(C(C)NC(=O)[C@@H]2C[C@@H](O)CN2C(=O)C(N)C(C)(C)C)cc1F. The van der Waals surface area contributed by atoms with Gasteiger partial charge in [-0.2, -0.15) is 0 Å². The zero-order valence-electron chi connectivity index (χ0n) is 16.7. The number of nitrogens with zero attached hydrogens (tertiary/aromatic N) is 1. The fraction of sp³-hybridized carbons (Fsp3) is 0.524. The molecule has 2 amide bonds. The number of likely N-dealkylation sites (tertiary alicyclic amines) is 1. The Morgan fingerprint density at radius 1 is 1.43 bits per heavy atom. The summed E-state index contributed by atoms with van der Waals surface area (Å²) in [6.07, 6.45) is 4.55. The molecule has 1 aromatic carbocycles. The molecule has 1 heterocycles. The highest BCUT2D eigenvalue weighted by atomic mass is 19.1. The van der Waals surface area contributed by atoms with Crippen LogP contribution in [-0.2, 0) is 9.59 Å². The van der Waals surface area contributed by atoms with Crippen molar-refractivity contribution in [1.82, 2.24) is 10.2 Å². The maximum absolute atomic E-state index is 13.9. The van der Waals surface area contributed by atoms with E-state index in [1.54, 1.807) is 13.0 Å². The van der Waals surface area contributed by atoms with Crippen LogP contribution in [0.1, 0.15) is 51.3 Å². The van der Waals surface area contributed by atoms with Crippen LogP contribution in [0.25, 0.3) is 0 Å². The standard InChI is InChI=1S/C21H28FN3O3/c1-6-13-7-8-14(9-16(13)22)12(2)24-19(27)17-10-15(26)11-25(17)20(28)18(23)21(3,4)5/h1,7-9,12,15,17-18,26H,10-11,23H2,2-5H3,(H,24,27)/t12?,15-,17+,18?/m1/s1. The van der Waals surface area contributed by atoms with Crippen LogP contribution in [0.5, 0.6) is 0 Å². The number of amides is 2. The first kappa shape index (κ1) is 21.9. The van der Waals surface area contributed by atoms with Gasteiger partial charge in [0.05, 0.1) is 23.8 Å². The average molecular weight is 389 g/mol. The topological polar surface area (TPSA) is 95.7 Å². The Morgan fingerprint density at radius 3 is 2.61 bits per heavy atom. The summed E-state index contributed by atoms with van der Waals surface area (Å²) in [4.78, 5) is 26.9. The van der Waals surface area contributed by atoms with E-state index in [0.29, 0.717) is 5.56 Å². The van der Waals surface area contributed by atoms with Gasteiger partial charge in [-0.3, -0.25) is 9.59 Å². The molecule has 28 heavy (non-hydrogen) atoms. The second-order valence-corrected chi connectivity index (χ2v) is 8.35. The largest absolute Gasteiger partial charge is 0.391 e. The Labute approximate surface area is 165 Å². The molecule has 0 spiro atoms. The first-order valence-electron chi connectivity index (χ1n) is 9.26. The van der Waals surface area contributed by atoms with Crippen molar-refractivity contribution in [3.05, 3.63) is 35.1 Å². The van der Waals surface area contributed by atoms with Gasteiger partial charge in [-0.1, -0.05) is 32.8 Å². The number of hydrogen-bond acceptors (Lipinski definition) is 4. The second-order valence-electron chi connectivity index (χ2n) is 8.35. The Bertz CT molecular complexity index is 797. The van der Waals surface area contributed by atoms with Crippen LogP contribution in [0.4, 0.5) is 4.39 Å². The molecule has 0 aliphatic carbocycles. The summed E-state index contributed by atoms with van der Waals surface area (Å²) in [7, 11) is 0. The maximum atomic E-state index is 13.9. The quantitative estimate of drug-likeness (QED) is 0.677. The summed E-state index contributed by atoms with van der Waals surface area (Å²) >= 11 is 0. The fourth-order valence-corrected chi connectivity index (χ4v) is 3.17. The van der Waals surface area contributed by atoms with Gasteiger partial charge >= 0.3 is 0 Å². The molecular weight excluding hydrogens is 361 g/mol. The molecule has 4 atom stereocenters. The highest BCUT2D eigenvalue weighted by Gasteiger charge is 2.42. The van der Waals surface area contributed by atoms with E-state index in [2.05, 4.69) is 11.2 Å². The highest BCUT2D eigenvalue weighted by molar-refractivity contribution is 5.91. The van der Waals surface area contributed by atoms with E-state index in [4.69, 9.17) is 12.2 Å². The van der Waals surface area contributed by atoms with Crippen LogP contribution >= 0.6 is 0 Å². The molecule has 7 heteroatoms. The molecule has 2 unspecified atom stereocenters. The van der Waals surface area contributed by atoms with Crippen LogP contribution in [0.3, 0.4) is 0 Å². The number of halogens is 1. The molecule has 152 valence electrons. The lowest BCUT2D eigenvalue weighted by atomic mass is 9.86. The summed E-state index contributed by atoms with van der Waals surface area (Å²) in [5, 5.41) is 12.8. The minimum atomic E-state index is -0.826. The molecule has 0 bridgehead atoms. The normalized spacial score (nSPS) is 21.7. The summed E-state index contributed by atoms with van der Waals surface area (Å²) in [6.45, 7) is 7.29. The number of carbonyl (C=O) groups excluding carboxylic acids is 2. The minimum absolute atomic E-state index is 0.0561. The number of rotatable bonds is 4. The van der Waals surface area contributed by atoms with Crippen molar-refractivity contribution >= 4 is 11.8 Å². The third-order valence-electron chi connectivity index (χ3n) is 5.07. The van der Waals surface area contributed by atoms with Crippen LogP contribution in [-0.4, -0.2) is 46.6 Å². The Morgan fingerprint density at radius 2 is 2.07 bits per heavy atom. The molecule has 1 saturated heterocycles. The van der Waals surface area contributed by atoms with Gasteiger partial charge in [0, 0.05) is 13.0 Å². The molecule has 1 fully saturated rings. The van der Waals surface area contributed by atoms with Crippen molar-refractivity contribution in [1.29, 1.82) is 0 Å². The van der Waals surface area contributed by atoms with Crippen molar-refractivity contribution in [3.8, 4) is 12.3 Å². The highest BCUT2D eigenvalue weighted by Crippen LogP contribution is 2.25. The van der Waals surface area contributed by atoms with E-state index >= 15 is 0 Å². The van der Waals surface area contributed by atoms with Crippen molar-refractivity contribution < 1.29 is 19.1 Å². The predicted molar refractivity (Wildman–Crippen MR) is 104 cm³/mol. The van der Waals surface area contributed by atoms with Crippen LogP contribution < -0.4 is 11.1 Å². The van der Waals surface area contributed by atoms with Gasteiger partial charge in [-0.25, -0.2) is 4.39 Å². The van der Waals surface area contributed by atoms with E-state index < -0.39 is 41.4 Å². The van der Waals surface area contributed by atoms with Crippen molar-refractivity contribution in [2.24, 2.45) is 11.1 Å². The van der Waals surface area contributed by atoms with E-state index in [0.717, 1.165) is 0 Å². The molecular formula is C21H28FN3O3. The van der Waals surface area contributed by atoms with Gasteiger partial charge in [0.25, 0.3) is 0 Å². The lowest BCUT2D eigenvalue weighted by Crippen LogP contribution is -2.55. The lowest BCUT2D eigenvalue weighted by Gasteiger charge is -2.32. The molecule has 2 rings (SSSR count). The summed E-state index contributed by atoms with van der Waals surface area (Å²) < 4.78 is 13.9. The van der Waals surface area contributed by atoms with Crippen LogP contribution in [0.2, 0.25) is 0 Å². The average Bonchev–Trinajstić information content (AvgIpc) is 3.01. The zero-order valence-corrected chi connectivity index (χ0v) is 16.7. The number of aliphatic hydroxyl groups excluding tert-OH is 1. The van der Waals surface area contributed by atoms with E-state index in [9.17, 15) is 19.1 Å². The number of benzene rings is 1. The van der Waals surface area contributed by atoms with E-state index in [1.165, 1.54) is 17.0 Å². The number of aliphatic hydroxyl groups is 1. The monoisotopic (exact) mass is 389 g/mol. The Kier molecular flexibility index (Phi) is 6.48. The molecule has 1 aliphatic heterocycles. The van der Waals surface area contributed by atoms with Gasteiger partial charge in [0.1, 0.15) is 11.9 Å². The molecule has 0 radical (unpaired) electrons. The van der Waals surface area contributed by atoms with Crippen molar-refractivity contribution in [2.75, 3.05) is 6.54 Å². The lowest BCUT2D eigenvalue weighted by molar-refractivity contribution is -0.141. The van der Waals surface area contributed by atoms with Crippen molar-refractivity contribution in [2.45, 2.75) is 58.3 Å². The third-order valence-corrected chi connectivity index (χ3v) is 5.07. The molecule has 0 aromatic heterocycles. The van der Waals surface area contributed by atoms with E-state index in [-0.39, 0.29) is 24.4 Å². The summed E-state index contributed by atoms with van der Waals surface area (Å²) in [6, 6.07) is 2.28. The van der Waals surface area contributed by atoms with Crippen molar-refractivity contribution in [3.63, 3.8) is 0 Å². The zero-order chi connectivity index (χ0) is 21.2. The van der Waals surface area contributed by atoms with Gasteiger partial charge in [0.2, 0.25) is 11.8 Å². The van der Waals surface area contributed by atoms with Crippen LogP contribution in [0.15, 0.2) is 18.2 Å². The number of β-amino-alcohol motifs (C(OH)–C–C–N with tert-alkyl or cyclic N) is 1. The molecule has 6 nitrogen and oxygen atoms in total. The molecule has 4 N–H and O–H groups in total. The van der Waals surface area contributed by atoms with Gasteiger partial charge in [-0.05, 0) is 30.0 Å². The minimum Gasteiger partial charge on any atom is -0.391 e. The third kappa shape index (κ3) is 4.70. The number of hydrogen-bond donors (Lipinski definition) is 3. The first-order chi connectivity index (χ1) is 13.0. The summed E-state index contributed by atoms with van der Waals surface area (Å²) in [5.74, 6) is 0.919. The fourth-order valence-electron chi connectivity index (χ4n) is 3.17. The predicted octanol–water partition coefficient (Wildman–Crippen LogP) is 1.32. The number of carbonyl (C=O) groups is 2. The molecule has 1 aliphatic rings. The molecule has 0 saturated carbocycles. The number of terminal acetylenes is 1. The number of nitrogens with one attached hydrogen (secondary N) is 1. The van der Waals surface area contributed by atoms with Gasteiger partial charge in [-0.15, -0.1) is 6.42 Å². The van der Waals surface area contributed by atoms with Gasteiger partial charge < -0.3 is 21.1 Å². The summed E-state index contributed by atoms with van der Waals surface area (Å²) in [5.41, 5.74) is 6.27. The van der Waals surface area contributed by atoms with E-state index in [1.807, 2.05) is 20.8 Å². The first-order valence-corrected chi connectivity index (χ1v) is 9.26. The Hall–Kier alpha value is -2.43. The van der Waals surface area contributed by atoms with Crippen LogP contribution in [0, 0.1) is 23.6 Å². The molecule has 1 aromatic rings.